The van der Waals surface area contributed by atoms with Gasteiger partial charge in [0, 0.05) is 26.6 Å². The van der Waals surface area contributed by atoms with Crippen LogP contribution < -0.4 is 5.32 Å². The standard InChI is InChI=1S/C17H26N4O3S/c1-3-4-11-20-12-13-21(17(20)18)25(23,24)16-7-5-15(6-8-16)9-10-19-14(2)22/h5-8,18H,3-4,9-13H2,1-2H3,(H,19,22). The van der Waals surface area contributed by atoms with Gasteiger partial charge in [-0.3, -0.25) is 10.2 Å². The van der Waals surface area contributed by atoms with Crippen LogP contribution in [0.15, 0.2) is 29.2 Å². The maximum atomic E-state index is 12.8. The van der Waals surface area contributed by atoms with Crippen LogP contribution in [0.4, 0.5) is 0 Å². The molecule has 0 saturated carbocycles. The highest BCUT2D eigenvalue weighted by atomic mass is 32.2. The highest BCUT2D eigenvalue weighted by molar-refractivity contribution is 7.89. The number of amides is 1. The zero-order valence-corrected chi connectivity index (χ0v) is 15.6. The molecule has 2 rings (SSSR count). The van der Waals surface area contributed by atoms with Crippen LogP contribution in [0.5, 0.6) is 0 Å². The van der Waals surface area contributed by atoms with Crippen LogP contribution in [0.2, 0.25) is 0 Å². The lowest BCUT2D eigenvalue weighted by atomic mass is 10.1. The van der Waals surface area contributed by atoms with E-state index in [9.17, 15) is 13.2 Å². The number of nitrogens with zero attached hydrogens (tertiary/aromatic N) is 2. The first-order chi connectivity index (χ1) is 11.9. The Kier molecular flexibility index (Phi) is 6.41. The number of carbonyl (C=O) groups is 1. The second kappa shape index (κ2) is 8.33. The normalized spacial score (nSPS) is 14.9. The van der Waals surface area contributed by atoms with E-state index in [1.807, 2.05) is 4.90 Å². The number of sulfonamides is 1. The molecule has 0 unspecified atom stereocenters. The highest BCUT2D eigenvalue weighted by Gasteiger charge is 2.34. The molecule has 0 aromatic heterocycles. The molecule has 0 atom stereocenters. The molecular formula is C17H26N4O3S. The fourth-order valence-corrected chi connectivity index (χ4v) is 4.12. The molecule has 0 radical (unpaired) electrons. The first-order valence-electron chi connectivity index (χ1n) is 8.56. The van der Waals surface area contributed by atoms with Gasteiger partial charge in [0.05, 0.1) is 11.4 Å². The molecular weight excluding hydrogens is 340 g/mol. The van der Waals surface area contributed by atoms with E-state index >= 15 is 0 Å². The molecule has 138 valence electrons. The van der Waals surface area contributed by atoms with Gasteiger partial charge in [-0.15, -0.1) is 0 Å². The molecule has 1 aliphatic rings. The number of hydrogen-bond acceptors (Lipinski definition) is 4. The van der Waals surface area contributed by atoms with Crippen LogP contribution in [0, 0.1) is 5.41 Å². The Morgan fingerprint density at radius 3 is 2.52 bits per heavy atom. The largest absolute Gasteiger partial charge is 0.356 e. The molecule has 0 bridgehead atoms. The summed E-state index contributed by atoms with van der Waals surface area (Å²) in [5.41, 5.74) is 0.953. The first kappa shape index (κ1) is 19.2. The zero-order valence-electron chi connectivity index (χ0n) is 14.8. The number of rotatable bonds is 8. The van der Waals surface area contributed by atoms with Gasteiger partial charge in [-0.1, -0.05) is 25.5 Å². The van der Waals surface area contributed by atoms with Crippen molar-refractivity contribution in [2.75, 3.05) is 26.2 Å². The lowest BCUT2D eigenvalue weighted by molar-refractivity contribution is -0.118. The van der Waals surface area contributed by atoms with E-state index in [2.05, 4.69) is 12.2 Å². The van der Waals surface area contributed by atoms with Crippen LogP contribution in [-0.2, 0) is 21.2 Å². The molecule has 2 N–H and O–H groups in total. The third-order valence-electron chi connectivity index (χ3n) is 4.19. The Morgan fingerprint density at radius 2 is 1.92 bits per heavy atom. The van der Waals surface area contributed by atoms with Crippen molar-refractivity contribution in [3.63, 3.8) is 0 Å². The summed E-state index contributed by atoms with van der Waals surface area (Å²) in [6, 6.07) is 6.65. The maximum absolute atomic E-state index is 12.8. The number of guanidine groups is 1. The molecule has 8 heteroatoms. The minimum atomic E-state index is -3.70. The average Bonchev–Trinajstić information content (AvgIpc) is 2.94. The van der Waals surface area contributed by atoms with E-state index in [4.69, 9.17) is 5.41 Å². The monoisotopic (exact) mass is 366 g/mol. The number of hydrogen-bond donors (Lipinski definition) is 2. The van der Waals surface area contributed by atoms with E-state index in [-0.39, 0.29) is 16.8 Å². The molecule has 0 aliphatic carbocycles. The smallest absolute Gasteiger partial charge is 0.266 e. The molecule has 1 saturated heterocycles. The molecule has 1 aromatic rings. The lowest BCUT2D eigenvalue weighted by Gasteiger charge is -2.21. The average molecular weight is 366 g/mol. The number of unbranched alkanes of at least 4 members (excludes halogenated alkanes) is 1. The van der Waals surface area contributed by atoms with E-state index < -0.39 is 10.0 Å². The van der Waals surface area contributed by atoms with E-state index in [1.165, 1.54) is 11.2 Å². The Bertz CT molecular complexity index is 716. The Labute approximate surface area is 149 Å². The van der Waals surface area contributed by atoms with Crippen molar-refractivity contribution in [2.24, 2.45) is 0 Å². The molecule has 1 amide bonds. The van der Waals surface area contributed by atoms with Gasteiger partial charge in [0.15, 0.2) is 0 Å². The van der Waals surface area contributed by atoms with Crippen LogP contribution >= 0.6 is 0 Å². The second-order valence-corrected chi connectivity index (χ2v) is 7.98. The van der Waals surface area contributed by atoms with E-state index in [1.54, 1.807) is 24.3 Å². The summed E-state index contributed by atoms with van der Waals surface area (Å²) in [5, 5.41) is 10.9. The van der Waals surface area contributed by atoms with Crippen LogP contribution in [0.1, 0.15) is 32.3 Å². The highest BCUT2D eigenvalue weighted by Crippen LogP contribution is 2.21. The van der Waals surface area contributed by atoms with Crippen molar-refractivity contribution in [2.45, 2.75) is 38.0 Å². The summed E-state index contributed by atoms with van der Waals surface area (Å²) in [5.74, 6) is -0.0254. The molecule has 1 heterocycles. The van der Waals surface area contributed by atoms with Gasteiger partial charge in [0.25, 0.3) is 10.0 Å². The molecule has 1 aliphatic heterocycles. The predicted molar refractivity (Wildman–Crippen MR) is 96.9 cm³/mol. The van der Waals surface area contributed by atoms with Crippen LogP contribution in [-0.4, -0.2) is 55.7 Å². The second-order valence-electron chi connectivity index (χ2n) is 6.12. The molecule has 1 aromatic carbocycles. The van der Waals surface area contributed by atoms with Crippen molar-refractivity contribution in [1.29, 1.82) is 5.41 Å². The van der Waals surface area contributed by atoms with Crippen molar-refractivity contribution in [3.8, 4) is 0 Å². The number of nitrogens with one attached hydrogen (secondary N) is 2. The molecule has 25 heavy (non-hydrogen) atoms. The van der Waals surface area contributed by atoms with Crippen LogP contribution in [0.3, 0.4) is 0 Å². The summed E-state index contributed by atoms with van der Waals surface area (Å²) >= 11 is 0. The third kappa shape index (κ3) is 4.72. The van der Waals surface area contributed by atoms with E-state index in [0.717, 1.165) is 18.4 Å². The number of benzene rings is 1. The molecule has 7 nitrogen and oxygen atoms in total. The summed E-state index contributed by atoms with van der Waals surface area (Å²) < 4.78 is 26.7. The Hall–Kier alpha value is -2.09. The Morgan fingerprint density at radius 1 is 1.24 bits per heavy atom. The topological polar surface area (TPSA) is 93.6 Å². The van der Waals surface area contributed by atoms with Crippen molar-refractivity contribution in [3.05, 3.63) is 29.8 Å². The van der Waals surface area contributed by atoms with Gasteiger partial charge in [-0.05, 0) is 30.5 Å². The quantitative estimate of drug-likeness (QED) is 0.727. The van der Waals surface area contributed by atoms with Gasteiger partial charge in [-0.2, -0.15) is 0 Å². The third-order valence-corrected chi connectivity index (χ3v) is 5.99. The zero-order chi connectivity index (χ0) is 18.4. The van der Waals surface area contributed by atoms with Gasteiger partial charge in [-0.25, -0.2) is 12.7 Å². The van der Waals surface area contributed by atoms with Crippen molar-refractivity contribution < 1.29 is 13.2 Å². The minimum Gasteiger partial charge on any atom is -0.356 e. The van der Waals surface area contributed by atoms with Gasteiger partial charge in [0.1, 0.15) is 0 Å². The van der Waals surface area contributed by atoms with Crippen molar-refractivity contribution in [1.82, 2.24) is 14.5 Å². The summed E-state index contributed by atoms with van der Waals surface area (Å²) in [7, 11) is -3.70. The van der Waals surface area contributed by atoms with Gasteiger partial charge < -0.3 is 10.2 Å². The lowest BCUT2D eigenvalue weighted by Crippen LogP contribution is -2.37. The summed E-state index contributed by atoms with van der Waals surface area (Å²) in [4.78, 5) is 12.9. The van der Waals surface area contributed by atoms with E-state index in [0.29, 0.717) is 32.6 Å². The van der Waals surface area contributed by atoms with Gasteiger partial charge in [0.2, 0.25) is 11.9 Å². The first-order valence-corrected chi connectivity index (χ1v) is 10.00. The predicted octanol–water partition coefficient (Wildman–Crippen LogP) is 1.41. The SMILES string of the molecule is CCCCN1CCN(S(=O)(=O)c2ccc(CCNC(C)=O)cc2)C1=N. The number of carbonyl (C=O) groups excluding carboxylic acids is 1. The summed E-state index contributed by atoms with van der Waals surface area (Å²) in [6.07, 6.45) is 2.60. The van der Waals surface area contributed by atoms with Gasteiger partial charge >= 0.3 is 0 Å². The maximum Gasteiger partial charge on any atom is 0.266 e. The minimum absolute atomic E-state index is 0.0585. The summed E-state index contributed by atoms with van der Waals surface area (Å²) in [6.45, 7) is 5.64. The Balaban J connectivity index is 2.04. The molecule has 0 spiro atoms. The van der Waals surface area contributed by atoms with Crippen LogP contribution in [0.25, 0.3) is 0 Å². The fraction of sp³-hybridized carbons (Fsp3) is 0.529. The fourth-order valence-electron chi connectivity index (χ4n) is 2.72. The molecule has 1 fully saturated rings. The van der Waals surface area contributed by atoms with Crippen molar-refractivity contribution >= 4 is 21.9 Å².